The second-order valence-electron chi connectivity index (χ2n) is 4.36. The van der Waals surface area contributed by atoms with Crippen molar-refractivity contribution in [2.45, 2.75) is 19.1 Å². The topological polar surface area (TPSA) is 64.5 Å². The molecule has 9 heteroatoms. The van der Waals surface area contributed by atoms with Crippen LogP contribution in [0.5, 0.6) is 11.5 Å². The van der Waals surface area contributed by atoms with Gasteiger partial charge in [0.1, 0.15) is 5.75 Å². The van der Waals surface area contributed by atoms with E-state index in [0.29, 0.717) is 5.56 Å². The summed E-state index contributed by atoms with van der Waals surface area (Å²) in [5.74, 6) is -0.385. The van der Waals surface area contributed by atoms with Crippen molar-refractivity contribution in [2.24, 2.45) is 0 Å². The SMILES string of the molecule is CCOC(F)(F)C(F)(F)Oc1ccc(-c2ncc(O)cn2)cc1. The number of hydrogen-bond donors (Lipinski definition) is 1. The molecule has 5 nitrogen and oxygen atoms in total. The van der Waals surface area contributed by atoms with Crippen LogP contribution in [0.2, 0.25) is 0 Å². The summed E-state index contributed by atoms with van der Waals surface area (Å²) < 4.78 is 60.8. The monoisotopic (exact) mass is 332 g/mol. The third-order valence-electron chi connectivity index (χ3n) is 2.66. The zero-order valence-corrected chi connectivity index (χ0v) is 11.8. The maximum absolute atomic E-state index is 13.4. The van der Waals surface area contributed by atoms with E-state index in [0.717, 1.165) is 31.5 Å². The van der Waals surface area contributed by atoms with E-state index in [1.54, 1.807) is 0 Å². The van der Waals surface area contributed by atoms with Crippen molar-refractivity contribution in [1.29, 1.82) is 0 Å². The highest BCUT2D eigenvalue weighted by Crippen LogP contribution is 2.37. The number of alkyl halides is 4. The first-order valence-electron chi connectivity index (χ1n) is 6.45. The Morgan fingerprint density at radius 3 is 2.09 bits per heavy atom. The largest absolute Gasteiger partial charge is 0.505 e. The van der Waals surface area contributed by atoms with Crippen LogP contribution in [-0.2, 0) is 4.74 Å². The molecule has 0 aliphatic rings. The molecule has 1 heterocycles. The normalized spacial score (nSPS) is 12.2. The van der Waals surface area contributed by atoms with Crippen molar-refractivity contribution in [2.75, 3.05) is 6.61 Å². The summed E-state index contributed by atoms with van der Waals surface area (Å²) in [6.45, 7) is 0.569. The molecule has 0 spiro atoms. The quantitative estimate of drug-likeness (QED) is 0.821. The lowest BCUT2D eigenvalue weighted by molar-refractivity contribution is -0.406. The molecule has 1 N–H and O–H groups in total. The maximum Gasteiger partial charge on any atom is 0.494 e. The van der Waals surface area contributed by atoms with E-state index in [1.165, 1.54) is 12.1 Å². The van der Waals surface area contributed by atoms with E-state index >= 15 is 0 Å². The van der Waals surface area contributed by atoms with Gasteiger partial charge in [-0.15, -0.1) is 0 Å². The van der Waals surface area contributed by atoms with Gasteiger partial charge in [-0.05, 0) is 31.2 Å². The number of benzene rings is 1. The predicted octanol–water partition coefficient (Wildman–Crippen LogP) is 3.45. The summed E-state index contributed by atoms with van der Waals surface area (Å²) in [6.07, 6.45) is -7.26. The molecule has 0 radical (unpaired) electrons. The average Bonchev–Trinajstić information content (AvgIpc) is 2.48. The van der Waals surface area contributed by atoms with E-state index in [-0.39, 0.29) is 11.6 Å². The Bertz CT molecular complexity index is 648. The van der Waals surface area contributed by atoms with Crippen LogP contribution in [0.1, 0.15) is 6.92 Å². The van der Waals surface area contributed by atoms with E-state index in [2.05, 4.69) is 19.4 Å². The number of aromatic hydroxyl groups is 1. The molecule has 0 aliphatic heterocycles. The first-order chi connectivity index (χ1) is 10.7. The van der Waals surface area contributed by atoms with Crippen molar-refractivity contribution < 1.29 is 32.1 Å². The van der Waals surface area contributed by atoms with Crippen molar-refractivity contribution >= 4 is 0 Å². The third-order valence-corrected chi connectivity index (χ3v) is 2.66. The fourth-order valence-electron chi connectivity index (χ4n) is 1.62. The van der Waals surface area contributed by atoms with Gasteiger partial charge in [0, 0.05) is 5.56 Å². The first-order valence-corrected chi connectivity index (χ1v) is 6.45. The van der Waals surface area contributed by atoms with E-state index in [1.807, 2.05) is 0 Å². The Balaban J connectivity index is 2.15. The first kappa shape index (κ1) is 16.9. The van der Waals surface area contributed by atoms with Crippen molar-refractivity contribution in [3.63, 3.8) is 0 Å². The summed E-state index contributed by atoms with van der Waals surface area (Å²) in [4.78, 5) is 7.65. The fraction of sp³-hybridized carbons (Fsp3) is 0.286. The number of hydrogen-bond acceptors (Lipinski definition) is 5. The Hall–Kier alpha value is -2.42. The molecule has 0 fully saturated rings. The Morgan fingerprint density at radius 2 is 1.57 bits per heavy atom. The molecule has 23 heavy (non-hydrogen) atoms. The third kappa shape index (κ3) is 3.86. The van der Waals surface area contributed by atoms with Crippen LogP contribution in [0.4, 0.5) is 17.6 Å². The molecule has 0 saturated heterocycles. The Labute approximate surface area is 128 Å². The molecule has 124 valence electrons. The summed E-state index contributed by atoms with van der Waals surface area (Å²) in [5.41, 5.74) is 0.428. The molecule has 2 rings (SSSR count). The number of halogens is 4. The second kappa shape index (κ2) is 6.37. The molecule has 1 aromatic carbocycles. The van der Waals surface area contributed by atoms with Crippen molar-refractivity contribution in [1.82, 2.24) is 9.97 Å². The minimum absolute atomic E-state index is 0.133. The summed E-state index contributed by atoms with van der Waals surface area (Å²) in [5, 5.41) is 9.08. The van der Waals surface area contributed by atoms with Gasteiger partial charge in [-0.25, -0.2) is 9.97 Å². The summed E-state index contributed by atoms with van der Waals surface area (Å²) in [6, 6.07) is 4.77. The molecule has 2 aromatic rings. The number of nitrogens with zero attached hydrogens (tertiary/aromatic N) is 2. The molecule has 1 aromatic heterocycles. The highest BCUT2D eigenvalue weighted by molar-refractivity contribution is 5.56. The van der Waals surface area contributed by atoms with Gasteiger partial charge < -0.3 is 14.6 Å². The standard InChI is InChI=1S/C14H12F4N2O3/c1-2-22-13(15,16)14(17,18)23-11-5-3-9(4-6-11)12-19-7-10(21)8-20-12/h3-8,21H,2H2,1H3. The average molecular weight is 332 g/mol. The van der Waals surface area contributed by atoms with Gasteiger partial charge >= 0.3 is 12.2 Å². The van der Waals surface area contributed by atoms with Gasteiger partial charge in [0.05, 0.1) is 19.0 Å². The van der Waals surface area contributed by atoms with Crippen molar-refractivity contribution in [3.8, 4) is 22.9 Å². The maximum atomic E-state index is 13.4. The lowest BCUT2D eigenvalue weighted by Crippen LogP contribution is -2.47. The molecular formula is C14H12F4N2O3. The molecule has 0 bridgehead atoms. The summed E-state index contributed by atoms with van der Waals surface area (Å²) in [7, 11) is 0. The Kier molecular flexibility index (Phi) is 4.69. The van der Waals surface area contributed by atoms with E-state index in [4.69, 9.17) is 5.11 Å². The van der Waals surface area contributed by atoms with Gasteiger partial charge in [-0.1, -0.05) is 0 Å². The number of ether oxygens (including phenoxy) is 2. The minimum Gasteiger partial charge on any atom is -0.505 e. The zero-order valence-electron chi connectivity index (χ0n) is 11.8. The van der Waals surface area contributed by atoms with Crippen LogP contribution in [0.25, 0.3) is 11.4 Å². The second-order valence-corrected chi connectivity index (χ2v) is 4.36. The number of rotatable bonds is 6. The minimum atomic E-state index is -4.82. The van der Waals surface area contributed by atoms with Crippen LogP contribution >= 0.6 is 0 Å². The lowest BCUT2D eigenvalue weighted by Gasteiger charge is -2.25. The van der Waals surface area contributed by atoms with Gasteiger partial charge in [-0.2, -0.15) is 17.6 Å². The molecule has 0 unspecified atom stereocenters. The highest BCUT2D eigenvalue weighted by atomic mass is 19.3. The Morgan fingerprint density at radius 1 is 1.00 bits per heavy atom. The number of aromatic nitrogens is 2. The molecule has 0 amide bonds. The van der Waals surface area contributed by atoms with Crippen LogP contribution in [0, 0.1) is 0 Å². The van der Waals surface area contributed by atoms with E-state index < -0.39 is 24.6 Å². The van der Waals surface area contributed by atoms with Crippen LogP contribution in [-0.4, -0.2) is 33.9 Å². The fourth-order valence-corrected chi connectivity index (χ4v) is 1.62. The zero-order chi connectivity index (χ0) is 17.1. The van der Waals surface area contributed by atoms with Crippen molar-refractivity contribution in [3.05, 3.63) is 36.7 Å². The van der Waals surface area contributed by atoms with Gasteiger partial charge in [-0.3, -0.25) is 0 Å². The smallest absolute Gasteiger partial charge is 0.494 e. The van der Waals surface area contributed by atoms with Gasteiger partial charge in [0.15, 0.2) is 11.6 Å². The van der Waals surface area contributed by atoms with Crippen LogP contribution in [0.15, 0.2) is 36.7 Å². The van der Waals surface area contributed by atoms with Crippen LogP contribution in [0.3, 0.4) is 0 Å². The molecule has 0 saturated carbocycles. The molecular weight excluding hydrogens is 320 g/mol. The van der Waals surface area contributed by atoms with E-state index in [9.17, 15) is 17.6 Å². The summed E-state index contributed by atoms with van der Waals surface area (Å²) >= 11 is 0. The highest BCUT2D eigenvalue weighted by Gasteiger charge is 2.61. The predicted molar refractivity (Wildman–Crippen MR) is 71.3 cm³/mol. The molecule has 0 atom stereocenters. The molecule has 0 aliphatic carbocycles. The lowest BCUT2D eigenvalue weighted by atomic mass is 10.2. The van der Waals surface area contributed by atoms with Crippen LogP contribution < -0.4 is 4.74 Å². The van der Waals surface area contributed by atoms with Gasteiger partial charge in [0.25, 0.3) is 0 Å². The van der Waals surface area contributed by atoms with Gasteiger partial charge in [0.2, 0.25) is 0 Å².